The molecule has 0 N–H and O–H groups in total. The molecular weight excluding hydrogens is 148 g/mol. The summed E-state index contributed by atoms with van der Waals surface area (Å²) in [6.07, 6.45) is 10.9. The monoisotopic (exact) mass is 164 g/mol. The highest BCUT2D eigenvalue weighted by molar-refractivity contribution is 5.30. The Morgan fingerprint density at radius 1 is 1.50 bits per heavy atom. The summed E-state index contributed by atoms with van der Waals surface area (Å²) in [7, 11) is 1.73. The van der Waals surface area contributed by atoms with E-state index in [-0.39, 0.29) is 0 Å². The lowest BCUT2D eigenvalue weighted by Gasteiger charge is -1.99. The lowest BCUT2D eigenvalue weighted by molar-refractivity contribution is 0.228. The summed E-state index contributed by atoms with van der Waals surface area (Å²) in [5.41, 5.74) is 2.76. The highest BCUT2D eigenvalue weighted by Gasteiger charge is 1.97. The first-order valence-corrected chi connectivity index (χ1v) is 4.41. The van der Waals surface area contributed by atoms with E-state index >= 15 is 0 Å². The van der Waals surface area contributed by atoms with Crippen LogP contribution in [0.25, 0.3) is 0 Å². The maximum Gasteiger partial charge on any atom is 0.0710 e. The maximum atomic E-state index is 5.06. The lowest BCUT2D eigenvalue weighted by atomic mass is 10.1. The highest BCUT2D eigenvalue weighted by atomic mass is 16.5. The largest absolute Gasteiger partial charge is 0.380 e. The van der Waals surface area contributed by atoms with E-state index < -0.39 is 0 Å². The Kier molecular flexibility index (Phi) is 3.81. The molecule has 0 heterocycles. The van der Waals surface area contributed by atoms with Gasteiger partial charge in [-0.15, -0.1) is 0 Å². The summed E-state index contributed by atoms with van der Waals surface area (Å²) < 4.78 is 5.06. The Balaban J connectivity index is 2.58. The van der Waals surface area contributed by atoms with Crippen molar-refractivity contribution in [2.24, 2.45) is 0 Å². The van der Waals surface area contributed by atoms with Crippen molar-refractivity contribution < 1.29 is 4.74 Å². The summed E-state index contributed by atoms with van der Waals surface area (Å²) in [5.74, 6) is 0. The van der Waals surface area contributed by atoms with Crippen molar-refractivity contribution in [2.45, 2.75) is 19.8 Å². The zero-order valence-electron chi connectivity index (χ0n) is 7.84. The standard InChI is InChI=1S/C11H16O/c1-3-10-5-4-6-11(8-7-10)9-12-2/h4-6,8H,3,7,9H2,1-2H3. The molecule has 1 nitrogen and oxygen atoms in total. The Hall–Kier alpha value is -0.820. The Bertz CT molecular complexity index is 221. The quantitative estimate of drug-likeness (QED) is 0.623. The molecular formula is C11H16O. The first kappa shape index (κ1) is 9.27. The van der Waals surface area contributed by atoms with Gasteiger partial charge in [0, 0.05) is 7.11 Å². The van der Waals surface area contributed by atoms with Crippen LogP contribution in [0.3, 0.4) is 0 Å². The number of methoxy groups -OCH3 is 1. The zero-order valence-corrected chi connectivity index (χ0v) is 7.84. The fourth-order valence-electron chi connectivity index (χ4n) is 1.24. The third kappa shape index (κ3) is 2.67. The number of hydrogen-bond donors (Lipinski definition) is 0. The van der Waals surface area contributed by atoms with Crippen LogP contribution in [0.2, 0.25) is 0 Å². The van der Waals surface area contributed by atoms with E-state index in [1.807, 2.05) is 0 Å². The van der Waals surface area contributed by atoms with Gasteiger partial charge in [-0.3, -0.25) is 0 Å². The van der Waals surface area contributed by atoms with Gasteiger partial charge in [-0.1, -0.05) is 36.8 Å². The molecule has 0 aromatic heterocycles. The predicted molar refractivity (Wildman–Crippen MR) is 52.1 cm³/mol. The van der Waals surface area contributed by atoms with Gasteiger partial charge in [0.1, 0.15) is 0 Å². The third-order valence-corrected chi connectivity index (χ3v) is 2.03. The molecule has 1 aliphatic rings. The fraction of sp³-hybridized carbons (Fsp3) is 0.455. The lowest BCUT2D eigenvalue weighted by Crippen LogP contribution is -1.90. The van der Waals surface area contributed by atoms with Crippen molar-refractivity contribution in [1.29, 1.82) is 0 Å². The summed E-state index contributed by atoms with van der Waals surface area (Å²) >= 11 is 0. The highest BCUT2D eigenvalue weighted by Crippen LogP contribution is 2.14. The molecule has 0 bridgehead atoms. The minimum absolute atomic E-state index is 0.724. The Morgan fingerprint density at radius 3 is 3.00 bits per heavy atom. The molecule has 0 fully saturated rings. The van der Waals surface area contributed by atoms with Crippen molar-refractivity contribution in [1.82, 2.24) is 0 Å². The van der Waals surface area contributed by atoms with Crippen LogP contribution < -0.4 is 0 Å². The SMILES string of the molecule is CCC1=CC=CC(COC)=CC1. The van der Waals surface area contributed by atoms with Gasteiger partial charge in [-0.05, 0) is 18.4 Å². The van der Waals surface area contributed by atoms with Gasteiger partial charge in [0.15, 0.2) is 0 Å². The molecule has 0 amide bonds. The van der Waals surface area contributed by atoms with E-state index in [1.165, 1.54) is 11.1 Å². The molecule has 0 saturated heterocycles. The van der Waals surface area contributed by atoms with Crippen LogP contribution in [0.4, 0.5) is 0 Å². The molecule has 1 rings (SSSR count). The van der Waals surface area contributed by atoms with Crippen LogP contribution in [-0.2, 0) is 4.74 Å². The van der Waals surface area contributed by atoms with Crippen molar-refractivity contribution in [3.05, 3.63) is 35.5 Å². The van der Waals surface area contributed by atoms with E-state index in [4.69, 9.17) is 4.74 Å². The Labute approximate surface area is 74.4 Å². The van der Waals surface area contributed by atoms with E-state index in [0.29, 0.717) is 0 Å². The van der Waals surface area contributed by atoms with Crippen LogP contribution in [-0.4, -0.2) is 13.7 Å². The molecule has 0 aromatic carbocycles. The van der Waals surface area contributed by atoms with Gasteiger partial charge in [0.2, 0.25) is 0 Å². The number of allylic oxidation sites excluding steroid dienone is 4. The van der Waals surface area contributed by atoms with Gasteiger partial charge in [0.05, 0.1) is 6.61 Å². The molecule has 1 aliphatic carbocycles. The Morgan fingerprint density at radius 2 is 2.33 bits per heavy atom. The second-order valence-electron chi connectivity index (χ2n) is 2.95. The average Bonchev–Trinajstić information content (AvgIpc) is 2.31. The predicted octanol–water partition coefficient (Wildman–Crippen LogP) is 2.86. The van der Waals surface area contributed by atoms with Crippen LogP contribution >= 0.6 is 0 Å². The molecule has 0 aromatic rings. The van der Waals surface area contributed by atoms with Gasteiger partial charge in [-0.2, -0.15) is 0 Å². The molecule has 0 saturated carbocycles. The van der Waals surface area contributed by atoms with E-state index in [2.05, 4.69) is 31.2 Å². The van der Waals surface area contributed by atoms with Crippen LogP contribution in [0, 0.1) is 0 Å². The molecule has 0 unspecified atom stereocenters. The van der Waals surface area contributed by atoms with Gasteiger partial charge < -0.3 is 4.74 Å². The normalized spacial score (nSPS) is 16.8. The smallest absolute Gasteiger partial charge is 0.0710 e. The first-order chi connectivity index (χ1) is 5.86. The molecule has 0 spiro atoms. The molecule has 12 heavy (non-hydrogen) atoms. The topological polar surface area (TPSA) is 9.23 Å². The second-order valence-corrected chi connectivity index (χ2v) is 2.95. The summed E-state index contributed by atoms with van der Waals surface area (Å²) in [4.78, 5) is 0. The van der Waals surface area contributed by atoms with E-state index in [0.717, 1.165) is 19.4 Å². The van der Waals surface area contributed by atoms with Crippen LogP contribution in [0.5, 0.6) is 0 Å². The molecule has 66 valence electrons. The summed E-state index contributed by atoms with van der Waals surface area (Å²) in [6.45, 7) is 2.91. The number of ether oxygens (including phenoxy) is 1. The fourth-order valence-corrected chi connectivity index (χ4v) is 1.24. The van der Waals surface area contributed by atoms with Crippen LogP contribution in [0.15, 0.2) is 35.5 Å². The van der Waals surface area contributed by atoms with Crippen molar-refractivity contribution in [2.75, 3.05) is 13.7 Å². The molecule has 1 heteroatoms. The minimum atomic E-state index is 0.724. The third-order valence-electron chi connectivity index (χ3n) is 2.03. The van der Waals surface area contributed by atoms with Gasteiger partial charge in [0.25, 0.3) is 0 Å². The van der Waals surface area contributed by atoms with Crippen molar-refractivity contribution >= 4 is 0 Å². The second kappa shape index (κ2) is 4.94. The maximum absolute atomic E-state index is 5.06. The molecule has 0 radical (unpaired) electrons. The number of rotatable bonds is 3. The molecule has 0 atom stereocenters. The minimum Gasteiger partial charge on any atom is -0.380 e. The van der Waals surface area contributed by atoms with E-state index in [9.17, 15) is 0 Å². The number of hydrogen-bond acceptors (Lipinski definition) is 1. The van der Waals surface area contributed by atoms with Crippen molar-refractivity contribution in [3.8, 4) is 0 Å². The average molecular weight is 164 g/mol. The van der Waals surface area contributed by atoms with E-state index in [1.54, 1.807) is 7.11 Å². The first-order valence-electron chi connectivity index (χ1n) is 4.41. The summed E-state index contributed by atoms with van der Waals surface area (Å²) in [6, 6.07) is 0. The molecule has 0 aliphatic heterocycles. The zero-order chi connectivity index (χ0) is 8.81. The van der Waals surface area contributed by atoms with Crippen molar-refractivity contribution in [3.63, 3.8) is 0 Å². The van der Waals surface area contributed by atoms with Crippen LogP contribution in [0.1, 0.15) is 19.8 Å². The summed E-state index contributed by atoms with van der Waals surface area (Å²) in [5, 5.41) is 0. The van der Waals surface area contributed by atoms with Gasteiger partial charge >= 0.3 is 0 Å². The van der Waals surface area contributed by atoms with Gasteiger partial charge in [-0.25, -0.2) is 0 Å².